The molecule has 5 nitrogen and oxygen atoms in total. The molecule has 0 radical (unpaired) electrons. The summed E-state index contributed by atoms with van der Waals surface area (Å²) in [4.78, 5) is 11.8. The number of hydrogen-bond acceptors (Lipinski definition) is 3. The van der Waals surface area contributed by atoms with E-state index < -0.39 is 0 Å². The van der Waals surface area contributed by atoms with Crippen LogP contribution in [-0.2, 0) is 11.3 Å². The molecule has 0 bridgehead atoms. The van der Waals surface area contributed by atoms with Crippen molar-refractivity contribution in [2.75, 3.05) is 6.61 Å². The maximum Gasteiger partial charge on any atom is 0.244 e. The van der Waals surface area contributed by atoms with Crippen molar-refractivity contribution in [1.29, 1.82) is 0 Å². The minimum absolute atomic E-state index is 0.151. The second-order valence-corrected chi connectivity index (χ2v) is 4.54. The summed E-state index contributed by atoms with van der Waals surface area (Å²) in [6.45, 7) is 4.90. The lowest BCUT2D eigenvalue weighted by Gasteiger charge is -2.06. The van der Waals surface area contributed by atoms with Gasteiger partial charge in [-0.15, -0.1) is 0 Å². The van der Waals surface area contributed by atoms with Gasteiger partial charge in [-0.25, -0.2) is 0 Å². The van der Waals surface area contributed by atoms with E-state index in [2.05, 4.69) is 15.5 Å². The molecule has 0 spiro atoms. The highest BCUT2D eigenvalue weighted by Crippen LogP contribution is 2.19. The van der Waals surface area contributed by atoms with Gasteiger partial charge >= 0.3 is 0 Å². The van der Waals surface area contributed by atoms with Gasteiger partial charge in [0.2, 0.25) is 5.91 Å². The van der Waals surface area contributed by atoms with Gasteiger partial charge in [-0.2, -0.15) is 5.10 Å². The van der Waals surface area contributed by atoms with E-state index in [1.165, 1.54) is 6.08 Å². The van der Waals surface area contributed by atoms with Gasteiger partial charge in [-0.05, 0) is 26.0 Å². The van der Waals surface area contributed by atoms with Gasteiger partial charge in [-0.3, -0.25) is 9.89 Å². The zero-order valence-corrected chi connectivity index (χ0v) is 12.2. The molecule has 0 aliphatic heterocycles. The molecule has 110 valence electrons. The van der Waals surface area contributed by atoms with E-state index in [0.717, 1.165) is 22.6 Å². The first-order chi connectivity index (χ1) is 10.2. The molecule has 0 saturated carbocycles. The van der Waals surface area contributed by atoms with Crippen LogP contribution in [0, 0.1) is 6.92 Å². The summed E-state index contributed by atoms with van der Waals surface area (Å²) < 4.78 is 5.51. The number of nitrogens with one attached hydrogen (secondary N) is 2. The van der Waals surface area contributed by atoms with E-state index in [4.69, 9.17) is 4.74 Å². The molecule has 2 N–H and O–H groups in total. The zero-order chi connectivity index (χ0) is 15.1. The van der Waals surface area contributed by atoms with Crippen LogP contribution in [0.4, 0.5) is 0 Å². The maximum absolute atomic E-state index is 11.8. The Morgan fingerprint density at radius 1 is 1.43 bits per heavy atom. The van der Waals surface area contributed by atoms with Crippen LogP contribution in [0.3, 0.4) is 0 Å². The number of ether oxygens (including phenoxy) is 1. The molecule has 1 aromatic heterocycles. The minimum atomic E-state index is -0.151. The molecular formula is C16H19N3O2. The number of nitrogens with zero attached hydrogens (tertiary/aromatic N) is 1. The Morgan fingerprint density at radius 3 is 2.95 bits per heavy atom. The van der Waals surface area contributed by atoms with Gasteiger partial charge in [0.1, 0.15) is 5.75 Å². The van der Waals surface area contributed by atoms with Gasteiger partial charge in [0, 0.05) is 29.4 Å². The molecule has 0 saturated heterocycles. The molecule has 5 heteroatoms. The van der Waals surface area contributed by atoms with E-state index in [-0.39, 0.29) is 5.91 Å². The van der Waals surface area contributed by atoms with Crippen LogP contribution >= 0.6 is 0 Å². The average molecular weight is 285 g/mol. The maximum atomic E-state index is 11.8. The molecule has 0 atom stereocenters. The number of hydrogen-bond donors (Lipinski definition) is 2. The second kappa shape index (κ2) is 7.28. The summed E-state index contributed by atoms with van der Waals surface area (Å²) in [6, 6.07) is 7.62. The van der Waals surface area contributed by atoms with Gasteiger partial charge in [0.05, 0.1) is 12.8 Å². The second-order valence-electron chi connectivity index (χ2n) is 4.54. The van der Waals surface area contributed by atoms with Crippen LogP contribution in [0.25, 0.3) is 6.08 Å². The molecule has 0 unspecified atom stereocenters. The smallest absolute Gasteiger partial charge is 0.244 e. The van der Waals surface area contributed by atoms with Crippen LogP contribution in [0.2, 0.25) is 0 Å². The van der Waals surface area contributed by atoms with Crippen LogP contribution in [-0.4, -0.2) is 22.7 Å². The highest BCUT2D eigenvalue weighted by atomic mass is 16.5. The predicted molar refractivity (Wildman–Crippen MR) is 81.8 cm³/mol. The fourth-order valence-electron chi connectivity index (χ4n) is 1.87. The first-order valence-electron chi connectivity index (χ1n) is 6.87. The molecule has 21 heavy (non-hydrogen) atoms. The van der Waals surface area contributed by atoms with Crippen molar-refractivity contribution >= 4 is 12.0 Å². The molecule has 0 aliphatic rings. The number of rotatable bonds is 6. The zero-order valence-electron chi connectivity index (χ0n) is 12.2. The summed E-state index contributed by atoms with van der Waals surface area (Å²) >= 11 is 0. The monoisotopic (exact) mass is 285 g/mol. The van der Waals surface area contributed by atoms with Crippen molar-refractivity contribution in [2.24, 2.45) is 0 Å². The van der Waals surface area contributed by atoms with E-state index in [0.29, 0.717) is 13.2 Å². The van der Waals surface area contributed by atoms with Crippen molar-refractivity contribution < 1.29 is 9.53 Å². The number of aryl methyl sites for hydroxylation is 1. The van der Waals surface area contributed by atoms with E-state index in [9.17, 15) is 4.79 Å². The van der Waals surface area contributed by atoms with E-state index in [1.54, 1.807) is 12.3 Å². The summed E-state index contributed by atoms with van der Waals surface area (Å²) in [5.41, 5.74) is 2.82. The first-order valence-corrected chi connectivity index (χ1v) is 6.87. The Hall–Kier alpha value is -2.56. The molecule has 1 heterocycles. The number of benzene rings is 1. The molecule has 1 aromatic carbocycles. The van der Waals surface area contributed by atoms with Crippen LogP contribution in [0.15, 0.2) is 36.5 Å². The number of amides is 1. The third-order valence-electron chi connectivity index (χ3n) is 3.02. The predicted octanol–water partition coefficient (Wildman–Crippen LogP) is 2.45. The quantitative estimate of drug-likeness (QED) is 0.801. The van der Waals surface area contributed by atoms with Crippen molar-refractivity contribution in [1.82, 2.24) is 15.5 Å². The standard InChI is InChI=1S/C16H19N3O2/c1-3-21-15-7-5-4-6-13(15)8-9-16(20)17-10-14-11-18-19-12(14)2/h4-9,11H,3,10H2,1-2H3,(H,17,20)(H,18,19)/b9-8+. The molecular weight excluding hydrogens is 266 g/mol. The number of aromatic amines is 1. The Balaban J connectivity index is 1.94. The molecule has 2 aromatic rings. The number of carbonyl (C=O) groups excluding carboxylic acids is 1. The normalized spacial score (nSPS) is 10.8. The topological polar surface area (TPSA) is 67.0 Å². The van der Waals surface area contributed by atoms with Crippen LogP contribution in [0.5, 0.6) is 5.75 Å². The van der Waals surface area contributed by atoms with Crippen molar-refractivity contribution in [3.8, 4) is 5.75 Å². The first kappa shape index (κ1) is 14.8. The fraction of sp³-hybridized carbons (Fsp3) is 0.250. The van der Waals surface area contributed by atoms with Gasteiger partial charge in [0.15, 0.2) is 0 Å². The van der Waals surface area contributed by atoms with Crippen molar-refractivity contribution in [3.63, 3.8) is 0 Å². The summed E-state index contributed by atoms with van der Waals surface area (Å²) in [5, 5.41) is 9.57. The molecule has 0 fully saturated rings. The van der Waals surface area contributed by atoms with Crippen molar-refractivity contribution in [3.05, 3.63) is 53.4 Å². The van der Waals surface area contributed by atoms with Crippen molar-refractivity contribution in [2.45, 2.75) is 20.4 Å². The summed E-state index contributed by atoms with van der Waals surface area (Å²) in [6.07, 6.45) is 4.97. The molecule has 1 amide bonds. The number of para-hydroxylation sites is 1. The van der Waals surface area contributed by atoms with Crippen LogP contribution in [0.1, 0.15) is 23.7 Å². The lowest BCUT2D eigenvalue weighted by Crippen LogP contribution is -2.20. The Morgan fingerprint density at radius 2 is 2.24 bits per heavy atom. The summed E-state index contributed by atoms with van der Waals surface area (Å²) in [5.74, 6) is 0.622. The summed E-state index contributed by atoms with van der Waals surface area (Å²) in [7, 11) is 0. The highest BCUT2D eigenvalue weighted by molar-refractivity contribution is 5.92. The third-order valence-corrected chi connectivity index (χ3v) is 3.02. The third kappa shape index (κ3) is 4.21. The Bertz CT molecular complexity index is 632. The number of H-pyrrole nitrogens is 1. The van der Waals surface area contributed by atoms with Gasteiger partial charge < -0.3 is 10.1 Å². The fourth-order valence-corrected chi connectivity index (χ4v) is 1.87. The molecule has 2 rings (SSSR count). The molecule has 0 aliphatic carbocycles. The van der Waals surface area contributed by atoms with E-state index >= 15 is 0 Å². The highest BCUT2D eigenvalue weighted by Gasteiger charge is 2.03. The average Bonchev–Trinajstić information content (AvgIpc) is 2.90. The largest absolute Gasteiger partial charge is 0.493 e. The Labute approximate surface area is 124 Å². The minimum Gasteiger partial charge on any atom is -0.493 e. The lowest BCUT2D eigenvalue weighted by atomic mass is 10.2. The Kier molecular flexibility index (Phi) is 5.15. The van der Waals surface area contributed by atoms with E-state index in [1.807, 2.05) is 38.1 Å². The van der Waals surface area contributed by atoms with Gasteiger partial charge in [0.25, 0.3) is 0 Å². The number of carbonyl (C=O) groups is 1. The van der Waals surface area contributed by atoms with Crippen LogP contribution < -0.4 is 10.1 Å². The SMILES string of the molecule is CCOc1ccccc1/C=C/C(=O)NCc1cn[nH]c1C. The number of aromatic nitrogens is 2. The van der Waals surface area contributed by atoms with Gasteiger partial charge in [-0.1, -0.05) is 18.2 Å². The lowest BCUT2D eigenvalue weighted by molar-refractivity contribution is -0.116.